The van der Waals surface area contributed by atoms with E-state index in [0.29, 0.717) is 4.68 Å². The number of aliphatic imine (C=N–C) groups is 1. The second-order valence-electron chi connectivity index (χ2n) is 6.91. The fourth-order valence-corrected chi connectivity index (χ4v) is 5.06. The number of rotatable bonds is 4. The number of H-pyrrole nitrogens is 1. The molecule has 0 unspecified atom stereocenters. The fraction of sp³-hybridized carbons (Fsp3) is 0.0455. The van der Waals surface area contributed by atoms with Gasteiger partial charge in [0.25, 0.3) is 0 Å². The van der Waals surface area contributed by atoms with Crippen LogP contribution in [-0.4, -0.2) is 23.8 Å². The molecule has 184 valence electrons. The number of halogens is 5. The van der Waals surface area contributed by atoms with E-state index in [1.54, 1.807) is 12.1 Å². The molecule has 3 aromatic rings. The number of nitrogens with zero attached hydrogens (tertiary/aromatic N) is 4. The van der Waals surface area contributed by atoms with Crippen molar-refractivity contribution in [1.29, 1.82) is 5.26 Å². The molecule has 9 nitrogen and oxygen atoms in total. The quantitative estimate of drug-likeness (QED) is 0.408. The van der Waals surface area contributed by atoms with E-state index in [9.17, 15) is 14.7 Å². The number of ether oxygens (including phenoxy) is 1. The summed E-state index contributed by atoms with van der Waals surface area (Å²) in [6, 6.07) is 10.8. The van der Waals surface area contributed by atoms with Gasteiger partial charge < -0.3 is 0 Å². The number of aliphatic hydroxyl groups excluding tert-OH is 1. The third-order valence-electron chi connectivity index (χ3n) is 4.60. The second-order valence-corrected chi connectivity index (χ2v) is 9.99. The van der Waals surface area contributed by atoms with Gasteiger partial charge in [0.15, 0.2) is 0 Å². The van der Waals surface area contributed by atoms with E-state index in [1.807, 2.05) is 4.98 Å². The van der Waals surface area contributed by atoms with Crippen molar-refractivity contribution >= 4 is 27.1 Å². The van der Waals surface area contributed by atoms with Gasteiger partial charge >= 0.3 is 222 Å². The van der Waals surface area contributed by atoms with Gasteiger partial charge in [-0.15, -0.1) is 0 Å². The summed E-state index contributed by atoms with van der Waals surface area (Å²) in [5.74, 6) is -4.49. The molecule has 0 fully saturated rings. The Bertz CT molecular complexity index is 1590. The number of aliphatic hydroxyl groups is 1. The van der Waals surface area contributed by atoms with Crippen LogP contribution in [0.1, 0.15) is 11.3 Å². The van der Waals surface area contributed by atoms with Gasteiger partial charge in [0, 0.05) is 0 Å². The number of allylic oxidation sites excluding steroid dienone is 2. The zero-order valence-electron chi connectivity index (χ0n) is 17.5. The van der Waals surface area contributed by atoms with Crippen LogP contribution in [0.3, 0.4) is 0 Å². The average molecular weight is 645 g/mol. The Morgan fingerprint density at radius 3 is 2.47 bits per heavy atom. The first-order valence-corrected chi connectivity index (χ1v) is 12.8. The maximum atomic E-state index is 15.2. The molecule has 1 aliphatic heterocycles. The summed E-state index contributed by atoms with van der Waals surface area (Å²) < 4.78 is 38.1. The van der Waals surface area contributed by atoms with Crippen LogP contribution in [0.5, 0.6) is 5.75 Å². The predicted molar refractivity (Wildman–Crippen MR) is 122 cm³/mol. The van der Waals surface area contributed by atoms with Crippen molar-refractivity contribution in [3.63, 3.8) is 0 Å². The van der Waals surface area contributed by atoms with E-state index in [1.165, 1.54) is 40.5 Å². The number of benzene rings is 2. The summed E-state index contributed by atoms with van der Waals surface area (Å²) in [7, 11) is 0. The maximum absolute atomic E-state index is 15.2. The van der Waals surface area contributed by atoms with Crippen molar-refractivity contribution in [2.45, 2.75) is 5.92 Å². The normalized spacial score (nSPS) is 13.9. The van der Waals surface area contributed by atoms with Crippen LogP contribution < -0.4 is 37.2 Å². The molecule has 0 radical (unpaired) electrons. The molecule has 2 N–H and O–H groups in total. The summed E-state index contributed by atoms with van der Waals surface area (Å²) in [4.78, 5) is 29.6. The van der Waals surface area contributed by atoms with Gasteiger partial charge in [-0.2, -0.15) is 0 Å². The molecule has 0 bridgehead atoms. The Morgan fingerprint density at radius 1 is 1.17 bits per heavy atom. The van der Waals surface area contributed by atoms with Crippen molar-refractivity contribution in [2.75, 3.05) is 0 Å². The molecule has 0 spiro atoms. The van der Waals surface area contributed by atoms with E-state index >= 15 is 8.78 Å². The van der Waals surface area contributed by atoms with Gasteiger partial charge in [0.1, 0.15) is 0 Å². The van der Waals surface area contributed by atoms with Crippen molar-refractivity contribution in [3.8, 4) is 17.5 Å². The molecular formula is C22H11Cl2F2IN5O4-. The zero-order valence-corrected chi connectivity index (χ0v) is 21.2. The molecule has 2 heterocycles. The summed E-state index contributed by atoms with van der Waals surface area (Å²) in [6.07, 6.45) is 1.13. The second kappa shape index (κ2) is 10.2. The molecule has 2 aromatic carbocycles. The van der Waals surface area contributed by atoms with E-state index in [4.69, 9.17) is 33.2 Å². The van der Waals surface area contributed by atoms with Gasteiger partial charge in [-0.25, -0.2) is 0 Å². The Labute approximate surface area is 220 Å². The first-order chi connectivity index (χ1) is 17.1. The standard InChI is InChI=1S/C22H11Cl2F2IN5O4/c23-13-8-12(32-21(35)30-19(34)15(10-28)31-32)9-14(24)17(13)36-20-27-7-6-16(33)18(29-20)22(25,26)11-4-2-1-3-5-11/h1-9,33H,(H,30,34,35)/q-1. The van der Waals surface area contributed by atoms with E-state index in [-0.39, 0.29) is 31.0 Å². The molecule has 1 aromatic heterocycles. The van der Waals surface area contributed by atoms with Crippen molar-refractivity contribution in [3.05, 3.63) is 106 Å². The number of nitrogens with one attached hydrogen (secondary N) is 1. The molecular weight excluding hydrogens is 634 g/mol. The van der Waals surface area contributed by atoms with Crippen molar-refractivity contribution < 1.29 is 39.8 Å². The molecule has 0 amide bonds. The molecule has 0 atom stereocenters. The number of alkyl halides is 2. The van der Waals surface area contributed by atoms with Crippen LogP contribution in [0.4, 0.5) is 8.78 Å². The number of hydrogen-bond donors (Lipinski definition) is 2. The summed E-state index contributed by atoms with van der Waals surface area (Å²) in [5, 5.41) is 22.6. The monoisotopic (exact) mass is 644 g/mol. The summed E-state index contributed by atoms with van der Waals surface area (Å²) in [6.45, 7) is 0. The molecule has 36 heavy (non-hydrogen) atoms. The van der Waals surface area contributed by atoms with Gasteiger partial charge in [0.05, 0.1) is 0 Å². The average Bonchev–Trinajstić information content (AvgIpc) is 3.03. The van der Waals surface area contributed by atoms with E-state index in [0.717, 1.165) is 6.08 Å². The molecule has 0 saturated carbocycles. The third kappa shape index (κ3) is 5.03. The van der Waals surface area contributed by atoms with Gasteiger partial charge in [0.2, 0.25) is 0 Å². The number of hydrogen-bond acceptors (Lipinski definition) is 7. The Morgan fingerprint density at radius 2 is 1.83 bits per heavy atom. The first-order valence-electron chi connectivity index (χ1n) is 9.68. The summed E-state index contributed by atoms with van der Waals surface area (Å²) in [5.41, 5.74) is -3.75. The topological polar surface area (TPSA) is 133 Å². The summed E-state index contributed by atoms with van der Waals surface area (Å²) >= 11 is 11.4. The Balaban J connectivity index is 1.72. The SMILES string of the molecule is N#Cc1nn(-c2cc(Cl)c(OC3=NC(C(F)(F)c4ccccc4)=C(O)C=C[I-]3)c(Cl)c2)c(=O)[nH]c1=O. The van der Waals surface area contributed by atoms with E-state index in [2.05, 4.69) is 10.1 Å². The third-order valence-corrected chi connectivity index (χ3v) is 6.88. The molecule has 0 saturated heterocycles. The van der Waals surface area contributed by atoms with Gasteiger partial charge in [-0.1, -0.05) is 0 Å². The van der Waals surface area contributed by atoms with Crippen LogP contribution in [0, 0.1) is 11.3 Å². The van der Waals surface area contributed by atoms with Crippen LogP contribution in [0.25, 0.3) is 5.69 Å². The van der Waals surface area contributed by atoms with Crippen LogP contribution >= 0.6 is 23.2 Å². The Hall–Kier alpha value is -3.54. The van der Waals surface area contributed by atoms with Gasteiger partial charge in [-0.05, 0) is 0 Å². The molecule has 4 rings (SSSR count). The van der Waals surface area contributed by atoms with E-state index < -0.39 is 55.5 Å². The minimum atomic E-state index is -3.63. The Kier molecular flexibility index (Phi) is 7.25. The van der Waals surface area contributed by atoms with Crippen molar-refractivity contribution in [1.82, 2.24) is 14.8 Å². The fourth-order valence-electron chi connectivity index (χ4n) is 2.95. The first kappa shape index (κ1) is 25.5. The number of nitriles is 1. The molecule has 0 aliphatic carbocycles. The van der Waals surface area contributed by atoms with Gasteiger partial charge in [-0.3, -0.25) is 0 Å². The number of aromatic nitrogens is 3. The van der Waals surface area contributed by atoms with Crippen molar-refractivity contribution in [2.24, 2.45) is 4.99 Å². The predicted octanol–water partition coefficient (Wildman–Crippen LogP) is 1.01. The van der Waals surface area contributed by atoms with Crippen LogP contribution in [-0.2, 0) is 5.92 Å². The molecule has 1 aliphatic rings. The zero-order chi connectivity index (χ0) is 26.0. The minimum absolute atomic E-state index is 0.00124. The van der Waals surface area contributed by atoms with Crippen LogP contribution in [0.15, 0.2) is 78.7 Å². The van der Waals surface area contributed by atoms with Crippen LogP contribution in [0.2, 0.25) is 10.0 Å². The number of aromatic amines is 1. The molecule has 14 heteroatoms.